The number of benzene rings is 1. The second-order valence-corrected chi connectivity index (χ2v) is 7.00. The van der Waals surface area contributed by atoms with E-state index in [9.17, 15) is 4.39 Å². The van der Waals surface area contributed by atoms with E-state index < -0.39 is 5.82 Å². The molecule has 0 spiro atoms. The van der Waals surface area contributed by atoms with Crippen molar-refractivity contribution < 1.29 is 4.39 Å². The molecule has 1 heterocycles. The third-order valence-electron chi connectivity index (χ3n) is 2.08. The van der Waals surface area contributed by atoms with Crippen molar-refractivity contribution in [3.63, 3.8) is 0 Å². The molecule has 0 fully saturated rings. The fourth-order valence-electron chi connectivity index (χ4n) is 1.30. The Balaban J connectivity index is 2.33. The van der Waals surface area contributed by atoms with E-state index in [1.807, 2.05) is 12.1 Å². The molecule has 0 saturated carbocycles. The quantitative estimate of drug-likeness (QED) is 0.575. The van der Waals surface area contributed by atoms with Crippen LogP contribution in [0.15, 0.2) is 34.1 Å². The maximum atomic E-state index is 13.0. The van der Waals surface area contributed by atoms with E-state index in [0.29, 0.717) is 0 Å². The van der Waals surface area contributed by atoms with Gasteiger partial charge in [-0.05, 0) is 45.8 Å². The molecule has 0 bridgehead atoms. The minimum absolute atomic E-state index is 0.0434. The van der Waals surface area contributed by atoms with Crippen LogP contribution in [0.3, 0.4) is 0 Å². The van der Waals surface area contributed by atoms with Crippen molar-refractivity contribution >= 4 is 54.8 Å². The predicted octanol–water partition coefficient (Wildman–Crippen LogP) is 5.79. The van der Waals surface area contributed by atoms with Gasteiger partial charge >= 0.3 is 0 Å². The highest BCUT2D eigenvalue weighted by Crippen LogP contribution is 2.37. The summed E-state index contributed by atoms with van der Waals surface area (Å²) in [6.07, 6.45) is 0. The summed E-state index contributed by atoms with van der Waals surface area (Å²) in [5, 5.41) is 0.151. The number of hydrogen-bond donors (Lipinski definition) is 0. The summed E-state index contributed by atoms with van der Waals surface area (Å²) >= 11 is 14.4. The molecule has 0 nitrogen and oxygen atoms in total. The molecule has 0 aliphatic rings. The van der Waals surface area contributed by atoms with Gasteiger partial charge in [-0.25, -0.2) is 4.39 Å². The van der Waals surface area contributed by atoms with Crippen molar-refractivity contribution in [2.45, 2.75) is 4.83 Å². The number of rotatable bonds is 2. The Bertz CT molecular complexity index is 512. The zero-order valence-corrected chi connectivity index (χ0v) is 12.6. The van der Waals surface area contributed by atoms with Gasteiger partial charge in [0.2, 0.25) is 0 Å². The molecule has 0 aliphatic heterocycles. The largest absolute Gasteiger partial charge is 0.205 e. The molecule has 1 unspecified atom stereocenters. The highest BCUT2D eigenvalue weighted by molar-refractivity contribution is 9.11. The number of hydrogen-bond acceptors (Lipinski definition) is 1. The smallest absolute Gasteiger partial charge is 0.141 e. The van der Waals surface area contributed by atoms with E-state index in [1.165, 1.54) is 6.07 Å². The summed E-state index contributed by atoms with van der Waals surface area (Å²) in [5.41, 5.74) is 0.945. The van der Waals surface area contributed by atoms with Gasteiger partial charge in [0.25, 0.3) is 0 Å². The Hall–Kier alpha value is 0.1000. The van der Waals surface area contributed by atoms with Gasteiger partial charge in [0.1, 0.15) is 5.82 Å². The first kappa shape index (κ1) is 12.6. The monoisotopic (exact) mass is 382 g/mol. The first-order valence-corrected chi connectivity index (χ1v) is 7.32. The van der Waals surface area contributed by atoms with E-state index in [1.54, 1.807) is 23.5 Å². The molecule has 0 amide bonds. The topological polar surface area (TPSA) is 0 Å². The standard InChI is InChI=1S/C11H6Br2ClFS/c12-10-4-3-9(16-10)11(13)6-1-2-8(15)7(14)5-6/h1-5,11H. The lowest BCUT2D eigenvalue weighted by Gasteiger charge is -2.08. The zero-order chi connectivity index (χ0) is 11.7. The van der Waals surface area contributed by atoms with Crippen molar-refractivity contribution in [2.24, 2.45) is 0 Å². The van der Waals surface area contributed by atoms with Gasteiger partial charge in [-0.1, -0.05) is 33.6 Å². The molecule has 16 heavy (non-hydrogen) atoms. The van der Waals surface area contributed by atoms with E-state index >= 15 is 0 Å². The first-order chi connectivity index (χ1) is 7.58. The number of thiophene rings is 1. The van der Waals surface area contributed by atoms with Crippen LogP contribution < -0.4 is 0 Å². The molecule has 1 aromatic carbocycles. The average molecular weight is 384 g/mol. The van der Waals surface area contributed by atoms with Gasteiger partial charge in [-0.2, -0.15) is 0 Å². The lowest BCUT2D eigenvalue weighted by molar-refractivity contribution is 0.627. The molecule has 1 atom stereocenters. The maximum absolute atomic E-state index is 13.0. The second kappa shape index (κ2) is 5.17. The Morgan fingerprint density at radius 2 is 2.00 bits per heavy atom. The molecular weight excluding hydrogens is 378 g/mol. The Morgan fingerprint density at radius 3 is 2.56 bits per heavy atom. The molecule has 0 aliphatic carbocycles. The van der Waals surface area contributed by atoms with E-state index in [-0.39, 0.29) is 9.85 Å². The van der Waals surface area contributed by atoms with Gasteiger partial charge in [0, 0.05) is 4.88 Å². The number of alkyl halides is 1. The summed E-state index contributed by atoms with van der Waals surface area (Å²) in [7, 11) is 0. The average Bonchev–Trinajstić information content (AvgIpc) is 2.68. The van der Waals surface area contributed by atoms with Crippen molar-refractivity contribution in [1.82, 2.24) is 0 Å². The van der Waals surface area contributed by atoms with E-state index in [4.69, 9.17) is 11.6 Å². The van der Waals surface area contributed by atoms with Crippen LogP contribution in [0.5, 0.6) is 0 Å². The van der Waals surface area contributed by atoms with Crippen LogP contribution in [-0.4, -0.2) is 0 Å². The summed E-state index contributed by atoms with van der Waals surface area (Å²) in [6, 6.07) is 8.76. The van der Waals surface area contributed by atoms with Crippen LogP contribution in [0, 0.1) is 5.82 Å². The molecule has 0 radical (unpaired) electrons. The summed E-state index contributed by atoms with van der Waals surface area (Å²) in [6.45, 7) is 0. The van der Waals surface area contributed by atoms with E-state index in [0.717, 1.165) is 14.2 Å². The molecule has 1 aromatic heterocycles. The van der Waals surface area contributed by atoms with Gasteiger partial charge in [-0.3, -0.25) is 0 Å². The Labute approximate surface area is 119 Å². The minimum Gasteiger partial charge on any atom is -0.205 e. The fourth-order valence-corrected chi connectivity index (χ4v) is 3.64. The highest BCUT2D eigenvalue weighted by atomic mass is 79.9. The summed E-state index contributed by atoms with van der Waals surface area (Å²) in [4.78, 5) is 1.19. The van der Waals surface area contributed by atoms with Crippen LogP contribution in [-0.2, 0) is 0 Å². The molecule has 0 N–H and O–H groups in total. The maximum Gasteiger partial charge on any atom is 0.141 e. The molecule has 2 rings (SSSR count). The second-order valence-electron chi connectivity index (χ2n) is 3.18. The van der Waals surface area contributed by atoms with Crippen LogP contribution >= 0.6 is 54.8 Å². The lowest BCUT2D eigenvalue weighted by atomic mass is 10.1. The molecule has 5 heteroatoms. The normalized spacial score (nSPS) is 12.8. The van der Waals surface area contributed by atoms with Crippen molar-refractivity contribution in [3.8, 4) is 0 Å². The van der Waals surface area contributed by atoms with Crippen LogP contribution in [0.25, 0.3) is 0 Å². The van der Waals surface area contributed by atoms with Crippen LogP contribution in [0.2, 0.25) is 5.02 Å². The number of halogens is 4. The molecule has 84 valence electrons. The molecule has 0 saturated heterocycles. The van der Waals surface area contributed by atoms with Gasteiger partial charge in [0.15, 0.2) is 0 Å². The fraction of sp³-hybridized carbons (Fsp3) is 0.0909. The van der Waals surface area contributed by atoms with Gasteiger partial charge in [-0.15, -0.1) is 11.3 Å². The van der Waals surface area contributed by atoms with Crippen LogP contribution in [0.4, 0.5) is 4.39 Å². The minimum atomic E-state index is -0.391. The van der Waals surface area contributed by atoms with Gasteiger partial charge < -0.3 is 0 Å². The third-order valence-corrected chi connectivity index (χ3v) is 5.38. The summed E-state index contributed by atoms with van der Waals surface area (Å²) < 4.78 is 14.1. The predicted molar refractivity (Wildman–Crippen MR) is 74.2 cm³/mol. The third kappa shape index (κ3) is 2.67. The first-order valence-electron chi connectivity index (χ1n) is 4.42. The Morgan fingerprint density at radius 1 is 1.25 bits per heavy atom. The van der Waals surface area contributed by atoms with Gasteiger partial charge in [0.05, 0.1) is 13.6 Å². The molecular formula is C11H6Br2ClFS. The Kier molecular flexibility index (Phi) is 4.06. The van der Waals surface area contributed by atoms with Crippen molar-refractivity contribution in [1.29, 1.82) is 0 Å². The SMILES string of the molecule is Fc1ccc(C(Br)c2ccc(Br)s2)cc1Cl. The highest BCUT2D eigenvalue weighted by Gasteiger charge is 2.14. The van der Waals surface area contributed by atoms with Crippen LogP contribution in [0.1, 0.15) is 15.3 Å². The van der Waals surface area contributed by atoms with Crippen molar-refractivity contribution in [2.75, 3.05) is 0 Å². The lowest BCUT2D eigenvalue weighted by Crippen LogP contribution is -1.90. The van der Waals surface area contributed by atoms with Crippen molar-refractivity contribution in [3.05, 3.63) is 55.4 Å². The zero-order valence-electron chi connectivity index (χ0n) is 7.88. The van der Waals surface area contributed by atoms with E-state index in [2.05, 4.69) is 31.9 Å². The summed E-state index contributed by atoms with van der Waals surface area (Å²) in [5.74, 6) is -0.391. The molecule has 2 aromatic rings.